The van der Waals surface area contributed by atoms with Gasteiger partial charge in [-0.3, -0.25) is 0 Å². The Morgan fingerprint density at radius 3 is 1.59 bits per heavy atom. The molecule has 58 heavy (non-hydrogen) atoms. The van der Waals surface area contributed by atoms with Crippen LogP contribution in [0.15, 0.2) is 229 Å². The predicted octanol–water partition coefficient (Wildman–Crippen LogP) is 16.0. The molecule has 1 aromatic heterocycles. The first kappa shape index (κ1) is 33.6. The van der Waals surface area contributed by atoms with Gasteiger partial charge in [-0.05, 0) is 115 Å². The van der Waals surface area contributed by atoms with E-state index >= 15 is 0 Å². The molecule has 10 aromatic carbocycles. The second kappa shape index (κ2) is 14.1. The lowest BCUT2D eigenvalue weighted by molar-refractivity contribution is 0.669. The van der Waals surface area contributed by atoms with Crippen molar-refractivity contribution in [3.05, 3.63) is 224 Å². The first-order valence-electron chi connectivity index (χ1n) is 19.8. The molecular weight excluding hydrogens is 703 g/mol. The molecule has 0 saturated heterocycles. The predicted molar refractivity (Wildman–Crippen MR) is 245 cm³/mol. The van der Waals surface area contributed by atoms with Crippen LogP contribution in [0.1, 0.15) is 0 Å². The molecule has 0 spiro atoms. The molecule has 0 bridgehead atoms. The third-order valence-electron chi connectivity index (χ3n) is 11.5. The summed E-state index contributed by atoms with van der Waals surface area (Å²) >= 11 is 0. The molecule has 0 fully saturated rings. The average Bonchev–Trinajstić information content (AvgIpc) is 3.67. The van der Waals surface area contributed by atoms with E-state index in [2.05, 4.69) is 217 Å². The van der Waals surface area contributed by atoms with Crippen LogP contribution in [-0.2, 0) is 0 Å². The van der Waals surface area contributed by atoms with E-state index in [-0.39, 0.29) is 0 Å². The van der Waals surface area contributed by atoms with Gasteiger partial charge in [-0.2, -0.15) is 0 Å². The van der Waals surface area contributed by atoms with Crippen LogP contribution < -0.4 is 4.90 Å². The third-order valence-corrected chi connectivity index (χ3v) is 11.5. The lowest BCUT2D eigenvalue weighted by atomic mass is 9.91. The van der Waals surface area contributed by atoms with E-state index in [1.165, 1.54) is 66.1 Å². The summed E-state index contributed by atoms with van der Waals surface area (Å²) in [5.41, 5.74) is 14.6. The summed E-state index contributed by atoms with van der Waals surface area (Å²) in [4.78, 5) is 2.32. The smallest absolute Gasteiger partial charge is 0.137 e. The summed E-state index contributed by atoms with van der Waals surface area (Å²) in [6.07, 6.45) is 0. The van der Waals surface area contributed by atoms with E-state index in [4.69, 9.17) is 4.42 Å². The van der Waals surface area contributed by atoms with Crippen LogP contribution in [0.4, 0.5) is 17.1 Å². The number of furan rings is 1. The molecule has 11 aromatic rings. The lowest BCUT2D eigenvalue weighted by Gasteiger charge is -2.26. The summed E-state index contributed by atoms with van der Waals surface area (Å²) in [6.45, 7) is 0. The molecule has 1 heterocycles. The van der Waals surface area contributed by atoms with Crippen molar-refractivity contribution >= 4 is 60.5 Å². The molecule has 0 unspecified atom stereocenters. The van der Waals surface area contributed by atoms with Gasteiger partial charge in [0.15, 0.2) is 0 Å². The van der Waals surface area contributed by atoms with E-state index < -0.39 is 0 Å². The van der Waals surface area contributed by atoms with Gasteiger partial charge in [0.2, 0.25) is 0 Å². The molecule has 0 aliphatic rings. The summed E-state index contributed by atoms with van der Waals surface area (Å²) < 4.78 is 6.40. The molecule has 0 amide bonds. The van der Waals surface area contributed by atoms with Crippen LogP contribution >= 0.6 is 0 Å². The number of fused-ring (bicyclic) bond motifs is 5. The fourth-order valence-electron chi connectivity index (χ4n) is 8.66. The van der Waals surface area contributed by atoms with Crippen LogP contribution in [-0.4, -0.2) is 0 Å². The largest absolute Gasteiger partial charge is 0.456 e. The molecule has 0 aliphatic carbocycles. The van der Waals surface area contributed by atoms with Gasteiger partial charge in [0.1, 0.15) is 11.2 Å². The normalized spacial score (nSPS) is 11.4. The van der Waals surface area contributed by atoms with E-state index in [9.17, 15) is 0 Å². The van der Waals surface area contributed by atoms with Gasteiger partial charge in [-0.15, -0.1) is 0 Å². The zero-order chi connectivity index (χ0) is 38.4. The third kappa shape index (κ3) is 5.91. The maximum atomic E-state index is 6.40. The molecule has 0 N–H and O–H groups in total. The van der Waals surface area contributed by atoms with E-state index in [1.807, 2.05) is 12.1 Å². The van der Waals surface area contributed by atoms with Crippen molar-refractivity contribution < 1.29 is 4.42 Å². The number of nitrogens with zero attached hydrogens (tertiary/aromatic N) is 1. The summed E-state index contributed by atoms with van der Waals surface area (Å²) in [6, 6.07) is 80.6. The standard InChI is InChI=1S/C56H37NO/c1-2-12-39(13-3-1)47-21-11-16-43-36-42(28-34-50(43)47)38-24-29-44(30-25-38)57(46-33-35-54-53-20-8-9-23-55(53)58-56(54)37-46)45-31-26-41(27-32-45)49-18-6-7-19-51(49)52-22-10-15-40-14-4-5-17-48(40)52/h1-37H. The maximum absolute atomic E-state index is 6.40. The van der Waals surface area contributed by atoms with Crippen molar-refractivity contribution in [3.8, 4) is 44.5 Å². The Labute approximate surface area is 337 Å². The zero-order valence-electron chi connectivity index (χ0n) is 31.7. The Bertz CT molecular complexity index is 3260. The quantitative estimate of drug-likeness (QED) is 0.162. The monoisotopic (exact) mass is 739 g/mol. The van der Waals surface area contributed by atoms with Crippen molar-refractivity contribution in [1.29, 1.82) is 0 Å². The van der Waals surface area contributed by atoms with Gasteiger partial charge in [0.25, 0.3) is 0 Å². The van der Waals surface area contributed by atoms with Crippen LogP contribution in [0.25, 0.3) is 88.0 Å². The van der Waals surface area contributed by atoms with Crippen molar-refractivity contribution in [3.63, 3.8) is 0 Å². The van der Waals surface area contributed by atoms with E-state index in [1.54, 1.807) is 0 Å². The van der Waals surface area contributed by atoms with Crippen LogP contribution in [0.3, 0.4) is 0 Å². The Balaban J connectivity index is 0.989. The number of anilines is 3. The molecule has 0 saturated carbocycles. The second-order valence-corrected chi connectivity index (χ2v) is 14.9. The van der Waals surface area contributed by atoms with Gasteiger partial charge >= 0.3 is 0 Å². The number of para-hydroxylation sites is 1. The molecule has 0 radical (unpaired) electrons. The minimum Gasteiger partial charge on any atom is -0.456 e. The molecule has 0 aliphatic heterocycles. The maximum Gasteiger partial charge on any atom is 0.137 e. The highest BCUT2D eigenvalue weighted by molar-refractivity contribution is 6.06. The van der Waals surface area contributed by atoms with Gasteiger partial charge < -0.3 is 9.32 Å². The Morgan fingerprint density at radius 1 is 0.259 bits per heavy atom. The number of hydrogen-bond donors (Lipinski definition) is 0. The van der Waals surface area contributed by atoms with Crippen LogP contribution in [0, 0.1) is 0 Å². The van der Waals surface area contributed by atoms with Crippen molar-refractivity contribution in [1.82, 2.24) is 0 Å². The molecule has 272 valence electrons. The van der Waals surface area contributed by atoms with Gasteiger partial charge in [-0.1, -0.05) is 170 Å². The SMILES string of the molecule is c1ccc(-c2cccc3cc(-c4ccc(N(c5ccc(-c6ccccc6-c6cccc7ccccc67)cc5)c5ccc6c(c5)oc5ccccc56)cc4)ccc23)cc1. The topological polar surface area (TPSA) is 16.4 Å². The van der Waals surface area contributed by atoms with Crippen LogP contribution in [0.5, 0.6) is 0 Å². The van der Waals surface area contributed by atoms with E-state index in [0.717, 1.165) is 39.0 Å². The average molecular weight is 740 g/mol. The number of hydrogen-bond acceptors (Lipinski definition) is 2. The Morgan fingerprint density at radius 2 is 0.776 bits per heavy atom. The zero-order valence-corrected chi connectivity index (χ0v) is 31.7. The number of benzene rings is 10. The summed E-state index contributed by atoms with van der Waals surface area (Å²) in [5.74, 6) is 0. The molecular formula is C56H37NO. The van der Waals surface area contributed by atoms with Gasteiger partial charge in [0, 0.05) is 33.9 Å². The van der Waals surface area contributed by atoms with Crippen molar-refractivity contribution in [2.75, 3.05) is 4.90 Å². The number of rotatable bonds is 7. The Kier molecular flexibility index (Phi) is 8.19. The molecule has 2 nitrogen and oxygen atoms in total. The van der Waals surface area contributed by atoms with Crippen molar-refractivity contribution in [2.45, 2.75) is 0 Å². The van der Waals surface area contributed by atoms with Crippen molar-refractivity contribution in [2.24, 2.45) is 0 Å². The summed E-state index contributed by atoms with van der Waals surface area (Å²) in [5, 5.41) is 7.22. The Hall–Kier alpha value is -7.68. The highest BCUT2D eigenvalue weighted by Crippen LogP contribution is 2.42. The second-order valence-electron chi connectivity index (χ2n) is 14.9. The first-order chi connectivity index (χ1) is 28.7. The molecule has 2 heteroatoms. The first-order valence-corrected chi connectivity index (χ1v) is 19.8. The minimum atomic E-state index is 0.868. The van der Waals surface area contributed by atoms with E-state index in [0.29, 0.717) is 0 Å². The lowest BCUT2D eigenvalue weighted by Crippen LogP contribution is -2.09. The fourth-order valence-corrected chi connectivity index (χ4v) is 8.66. The van der Waals surface area contributed by atoms with Gasteiger partial charge in [0.05, 0.1) is 0 Å². The van der Waals surface area contributed by atoms with Gasteiger partial charge in [-0.25, -0.2) is 0 Å². The molecule has 0 atom stereocenters. The minimum absolute atomic E-state index is 0.868. The summed E-state index contributed by atoms with van der Waals surface area (Å²) in [7, 11) is 0. The fraction of sp³-hybridized carbons (Fsp3) is 0. The van der Waals surface area contributed by atoms with Crippen LogP contribution in [0.2, 0.25) is 0 Å². The highest BCUT2D eigenvalue weighted by Gasteiger charge is 2.17. The highest BCUT2D eigenvalue weighted by atomic mass is 16.3. The molecule has 11 rings (SSSR count).